The largest absolute Gasteiger partial charge is 0.465 e. The van der Waals surface area contributed by atoms with Crippen LogP contribution in [0.2, 0.25) is 0 Å². The SMILES string of the molecule is COC(=O)c1ccc(-c2cc(C(F)(F)F)c3sc(CNC(=O)C=Cc4ccc(N)nc4)cc3c2)cc1. The van der Waals surface area contributed by atoms with Crippen LogP contribution in [0, 0.1) is 0 Å². The lowest BCUT2D eigenvalue weighted by Gasteiger charge is -2.11. The lowest BCUT2D eigenvalue weighted by Crippen LogP contribution is -2.19. The number of nitrogens with one attached hydrogen (secondary N) is 1. The molecule has 0 saturated heterocycles. The van der Waals surface area contributed by atoms with Crippen molar-refractivity contribution in [2.75, 3.05) is 12.8 Å². The monoisotopic (exact) mass is 511 g/mol. The molecule has 0 radical (unpaired) electrons. The van der Waals surface area contributed by atoms with Crippen molar-refractivity contribution in [3.05, 3.63) is 88.4 Å². The van der Waals surface area contributed by atoms with Crippen molar-refractivity contribution in [2.24, 2.45) is 0 Å². The molecule has 0 aliphatic heterocycles. The van der Waals surface area contributed by atoms with E-state index in [2.05, 4.69) is 15.0 Å². The Bertz CT molecular complexity index is 1440. The number of hydrogen-bond acceptors (Lipinski definition) is 6. The average Bonchev–Trinajstić information content (AvgIpc) is 3.28. The molecule has 0 fully saturated rings. The Morgan fingerprint density at radius 2 is 1.83 bits per heavy atom. The van der Waals surface area contributed by atoms with E-state index in [1.54, 1.807) is 42.5 Å². The van der Waals surface area contributed by atoms with Gasteiger partial charge >= 0.3 is 12.1 Å². The van der Waals surface area contributed by atoms with Gasteiger partial charge in [0.05, 0.1) is 24.8 Å². The maximum atomic E-state index is 13.9. The van der Waals surface area contributed by atoms with Gasteiger partial charge in [0.2, 0.25) is 5.91 Å². The molecule has 2 aromatic heterocycles. The number of nitrogens with two attached hydrogens (primary N) is 1. The maximum Gasteiger partial charge on any atom is 0.417 e. The van der Waals surface area contributed by atoms with E-state index in [-0.39, 0.29) is 11.2 Å². The van der Waals surface area contributed by atoms with Crippen molar-refractivity contribution in [2.45, 2.75) is 12.7 Å². The molecule has 4 rings (SSSR count). The van der Waals surface area contributed by atoms with Gasteiger partial charge in [0.15, 0.2) is 0 Å². The number of amides is 1. The van der Waals surface area contributed by atoms with Crippen molar-refractivity contribution in [3.8, 4) is 11.1 Å². The number of nitrogens with zero attached hydrogens (tertiary/aromatic N) is 1. The molecule has 1 amide bonds. The van der Waals surface area contributed by atoms with Crippen molar-refractivity contribution >= 4 is 45.2 Å². The molecule has 184 valence electrons. The Kier molecular flexibility index (Phi) is 7.07. The minimum atomic E-state index is -4.57. The average molecular weight is 512 g/mol. The molecule has 0 bridgehead atoms. The van der Waals surface area contributed by atoms with Crippen LogP contribution < -0.4 is 11.1 Å². The number of benzene rings is 2. The predicted octanol–water partition coefficient (Wildman–Crippen LogP) is 5.68. The van der Waals surface area contributed by atoms with Crippen LogP contribution in [0.3, 0.4) is 0 Å². The van der Waals surface area contributed by atoms with E-state index in [1.165, 1.54) is 31.5 Å². The van der Waals surface area contributed by atoms with Gasteiger partial charge in [-0.25, -0.2) is 9.78 Å². The van der Waals surface area contributed by atoms with Crippen molar-refractivity contribution in [1.82, 2.24) is 10.3 Å². The molecule has 0 unspecified atom stereocenters. The number of carbonyl (C=O) groups excluding carboxylic acids is 2. The second kappa shape index (κ2) is 10.2. The van der Waals surface area contributed by atoms with Crippen LogP contribution >= 0.6 is 11.3 Å². The smallest absolute Gasteiger partial charge is 0.417 e. The molecular weight excluding hydrogens is 491 g/mol. The van der Waals surface area contributed by atoms with E-state index in [4.69, 9.17) is 5.73 Å². The fourth-order valence-electron chi connectivity index (χ4n) is 3.51. The van der Waals surface area contributed by atoms with Crippen LogP contribution in [0.4, 0.5) is 19.0 Å². The zero-order valence-electron chi connectivity index (χ0n) is 18.9. The number of fused-ring (bicyclic) bond motifs is 1. The third-order valence-corrected chi connectivity index (χ3v) is 6.47. The van der Waals surface area contributed by atoms with E-state index in [9.17, 15) is 22.8 Å². The molecule has 0 spiro atoms. The Labute approximate surface area is 208 Å². The van der Waals surface area contributed by atoms with Crippen LogP contribution in [-0.4, -0.2) is 24.0 Å². The fraction of sp³-hybridized carbons (Fsp3) is 0.115. The summed E-state index contributed by atoms with van der Waals surface area (Å²) in [6.45, 7) is 0.0724. The normalized spacial score (nSPS) is 11.7. The number of thiophene rings is 1. The number of carbonyl (C=O) groups is 2. The molecule has 0 atom stereocenters. The Balaban J connectivity index is 1.57. The van der Waals surface area contributed by atoms with Gasteiger partial charge in [-0.2, -0.15) is 13.2 Å². The van der Waals surface area contributed by atoms with E-state index >= 15 is 0 Å². The number of methoxy groups -OCH3 is 1. The minimum Gasteiger partial charge on any atom is -0.465 e. The molecule has 3 N–H and O–H groups in total. The number of aromatic nitrogens is 1. The van der Waals surface area contributed by atoms with Crippen molar-refractivity contribution in [1.29, 1.82) is 0 Å². The number of ether oxygens (including phenoxy) is 1. The summed E-state index contributed by atoms with van der Waals surface area (Å²) in [6.07, 6.45) is -0.171. The van der Waals surface area contributed by atoms with Crippen molar-refractivity contribution < 1.29 is 27.5 Å². The Hall–Kier alpha value is -4.18. The van der Waals surface area contributed by atoms with Gasteiger partial charge < -0.3 is 15.8 Å². The number of anilines is 1. The molecule has 36 heavy (non-hydrogen) atoms. The number of rotatable bonds is 6. The molecule has 4 aromatic rings. The van der Waals surface area contributed by atoms with Gasteiger partial charge in [-0.15, -0.1) is 11.3 Å². The fourth-order valence-corrected chi connectivity index (χ4v) is 4.62. The predicted molar refractivity (Wildman–Crippen MR) is 133 cm³/mol. The second-order valence-electron chi connectivity index (χ2n) is 7.79. The van der Waals surface area contributed by atoms with Crippen LogP contribution in [0.5, 0.6) is 0 Å². The zero-order chi connectivity index (χ0) is 25.9. The molecule has 2 heterocycles. The summed E-state index contributed by atoms with van der Waals surface area (Å²) in [7, 11) is 1.25. The summed E-state index contributed by atoms with van der Waals surface area (Å²) in [6, 6.07) is 13.9. The number of hydrogen-bond donors (Lipinski definition) is 2. The summed E-state index contributed by atoms with van der Waals surface area (Å²) >= 11 is 0.978. The van der Waals surface area contributed by atoms with Crippen LogP contribution in [0.25, 0.3) is 27.3 Å². The van der Waals surface area contributed by atoms with Crippen LogP contribution in [0.15, 0.2) is 66.9 Å². The molecule has 0 aliphatic rings. The van der Waals surface area contributed by atoms with Crippen molar-refractivity contribution in [3.63, 3.8) is 0 Å². The molecule has 6 nitrogen and oxygen atoms in total. The van der Waals surface area contributed by atoms with Crippen LogP contribution in [0.1, 0.15) is 26.4 Å². The molecule has 10 heteroatoms. The topological polar surface area (TPSA) is 94.3 Å². The zero-order valence-corrected chi connectivity index (χ0v) is 19.7. The second-order valence-corrected chi connectivity index (χ2v) is 8.93. The molecule has 0 saturated carbocycles. The summed E-state index contributed by atoms with van der Waals surface area (Å²) < 4.78 is 46.4. The van der Waals surface area contributed by atoms with Gasteiger partial charge in [0.1, 0.15) is 5.82 Å². The number of alkyl halides is 3. The first-order chi connectivity index (χ1) is 17.1. The molecule has 2 aromatic carbocycles. The highest BCUT2D eigenvalue weighted by Crippen LogP contribution is 2.41. The number of nitrogen functional groups attached to an aromatic ring is 1. The lowest BCUT2D eigenvalue weighted by atomic mass is 9.99. The molecule has 0 aliphatic carbocycles. The van der Waals surface area contributed by atoms with Gasteiger partial charge in [-0.3, -0.25) is 4.79 Å². The van der Waals surface area contributed by atoms with E-state index in [0.717, 1.165) is 17.4 Å². The van der Waals surface area contributed by atoms with Gasteiger partial charge in [-0.05, 0) is 70.6 Å². The number of pyridine rings is 1. The summed E-state index contributed by atoms with van der Waals surface area (Å²) in [5, 5.41) is 3.09. The minimum absolute atomic E-state index is 0.0724. The standard InChI is InChI=1S/C26H20F3N3O3S/c1-35-25(34)17-6-4-16(5-7-17)18-10-19-11-20(36-24(19)21(12-18)26(27,28)29)14-32-23(33)9-3-15-2-8-22(30)31-13-15/h2-13H,14H2,1H3,(H2,30,31)(H,32,33). The number of esters is 1. The Morgan fingerprint density at radius 3 is 2.47 bits per heavy atom. The first kappa shape index (κ1) is 24.9. The highest BCUT2D eigenvalue weighted by molar-refractivity contribution is 7.19. The van der Waals surface area contributed by atoms with Gasteiger partial charge in [-0.1, -0.05) is 12.1 Å². The van der Waals surface area contributed by atoms with E-state index in [0.29, 0.717) is 38.3 Å². The maximum absolute atomic E-state index is 13.9. The quantitative estimate of drug-likeness (QED) is 0.257. The Morgan fingerprint density at radius 1 is 1.08 bits per heavy atom. The highest BCUT2D eigenvalue weighted by atomic mass is 32.1. The number of halogens is 3. The summed E-state index contributed by atoms with van der Waals surface area (Å²) in [4.78, 5) is 28.3. The first-order valence-corrected chi connectivity index (χ1v) is 11.5. The lowest BCUT2D eigenvalue weighted by molar-refractivity contribution is -0.136. The van der Waals surface area contributed by atoms with Gasteiger partial charge in [0, 0.05) is 21.8 Å². The third-order valence-electron chi connectivity index (χ3n) is 5.29. The van der Waals surface area contributed by atoms with E-state index in [1.807, 2.05) is 0 Å². The van der Waals surface area contributed by atoms with E-state index < -0.39 is 23.6 Å². The summed E-state index contributed by atoms with van der Waals surface area (Å²) in [5.41, 5.74) is 6.64. The van der Waals surface area contributed by atoms with Crippen LogP contribution in [-0.2, 0) is 22.3 Å². The third kappa shape index (κ3) is 5.72. The summed E-state index contributed by atoms with van der Waals surface area (Å²) in [5.74, 6) is -0.565. The van der Waals surface area contributed by atoms with Gasteiger partial charge in [0.25, 0.3) is 0 Å². The highest BCUT2D eigenvalue weighted by Gasteiger charge is 2.34. The first-order valence-electron chi connectivity index (χ1n) is 10.6. The molecular formula is C26H20F3N3O3S.